The molecule has 1 amide bonds. The molecule has 1 aromatic carbocycles. The summed E-state index contributed by atoms with van der Waals surface area (Å²) in [6.45, 7) is 3.21. The molecule has 0 radical (unpaired) electrons. The van der Waals surface area contributed by atoms with Gasteiger partial charge in [-0.3, -0.25) is 14.1 Å². The number of carbonyl (C=O) groups excluding carboxylic acids is 1. The topological polar surface area (TPSA) is 142 Å². The van der Waals surface area contributed by atoms with Gasteiger partial charge in [0.25, 0.3) is 15.7 Å². The number of hydrogen-bond donors (Lipinski definition) is 3. The van der Waals surface area contributed by atoms with Crippen molar-refractivity contribution in [3.05, 3.63) is 45.7 Å². The Morgan fingerprint density at radius 2 is 1.86 bits per heavy atom. The van der Waals surface area contributed by atoms with Crippen LogP contribution in [0.25, 0.3) is 11.3 Å². The minimum Gasteiger partial charge on any atom is -0.381 e. The van der Waals surface area contributed by atoms with Gasteiger partial charge in [0.05, 0.1) is 18.1 Å². The van der Waals surface area contributed by atoms with Gasteiger partial charge in [0.15, 0.2) is 0 Å². The van der Waals surface area contributed by atoms with Gasteiger partial charge in [0.2, 0.25) is 5.91 Å². The molecule has 4 rings (SSSR count). The SMILES string of the molecule is COC1CCN(CCCCC(=O)Nc2cccc(-c3n[nH]c(=O)c4c3CCCC4)c2)CC1.CS(=O)(=O)O. The average Bonchev–Trinajstić information content (AvgIpc) is 2.86. The fourth-order valence-corrected chi connectivity index (χ4v) is 4.85. The third kappa shape index (κ3) is 9.66. The highest BCUT2D eigenvalue weighted by Gasteiger charge is 2.20. The molecule has 1 aromatic heterocycles. The van der Waals surface area contributed by atoms with E-state index in [1.54, 1.807) is 7.11 Å². The molecule has 11 heteroatoms. The summed E-state index contributed by atoms with van der Waals surface area (Å²) in [5.41, 5.74) is 4.37. The number of methoxy groups -OCH3 is 1. The van der Waals surface area contributed by atoms with Crippen molar-refractivity contribution in [2.24, 2.45) is 0 Å². The zero-order valence-electron chi connectivity index (χ0n) is 21.7. The molecular formula is C26H38N4O6S. The van der Waals surface area contributed by atoms with Gasteiger partial charge in [-0.05, 0) is 75.6 Å². The Hall–Kier alpha value is -2.60. The molecule has 10 nitrogen and oxygen atoms in total. The molecule has 2 aliphatic rings. The molecule has 1 fully saturated rings. The van der Waals surface area contributed by atoms with Crippen LogP contribution in [0.3, 0.4) is 0 Å². The van der Waals surface area contributed by atoms with E-state index in [0.717, 1.165) is 99.1 Å². The average molecular weight is 535 g/mol. The van der Waals surface area contributed by atoms with E-state index in [9.17, 15) is 18.0 Å². The lowest BCUT2D eigenvalue weighted by molar-refractivity contribution is -0.116. The number of carbonyl (C=O) groups is 1. The van der Waals surface area contributed by atoms with Crippen LogP contribution in [-0.4, -0.2) is 73.1 Å². The molecule has 37 heavy (non-hydrogen) atoms. The number of fused-ring (bicyclic) bond motifs is 1. The third-order valence-electron chi connectivity index (χ3n) is 6.71. The Morgan fingerprint density at radius 1 is 1.19 bits per heavy atom. The van der Waals surface area contributed by atoms with Gasteiger partial charge < -0.3 is 15.0 Å². The van der Waals surface area contributed by atoms with Crippen molar-refractivity contribution < 1.29 is 22.5 Å². The fourth-order valence-electron chi connectivity index (χ4n) is 4.85. The summed E-state index contributed by atoms with van der Waals surface area (Å²) in [6, 6.07) is 7.77. The van der Waals surface area contributed by atoms with Crippen LogP contribution < -0.4 is 10.9 Å². The summed E-state index contributed by atoms with van der Waals surface area (Å²) >= 11 is 0. The van der Waals surface area contributed by atoms with E-state index in [0.29, 0.717) is 18.8 Å². The van der Waals surface area contributed by atoms with Crippen LogP contribution in [0, 0.1) is 0 Å². The number of piperidine rings is 1. The first-order valence-electron chi connectivity index (χ1n) is 12.8. The molecule has 3 N–H and O–H groups in total. The van der Waals surface area contributed by atoms with Crippen molar-refractivity contribution in [3.63, 3.8) is 0 Å². The first-order valence-corrected chi connectivity index (χ1v) is 14.7. The van der Waals surface area contributed by atoms with E-state index >= 15 is 0 Å². The molecule has 0 unspecified atom stereocenters. The lowest BCUT2D eigenvalue weighted by Gasteiger charge is -2.31. The number of anilines is 1. The molecule has 0 atom stereocenters. The summed E-state index contributed by atoms with van der Waals surface area (Å²) in [5.74, 6) is 0.0386. The molecule has 204 valence electrons. The number of unbranched alkanes of at least 4 members (excludes halogenated alkanes) is 1. The molecule has 0 saturated carbocycles. The van der Waals surface area contributed by atoms with Crippen molar-refractivity contribution in [3.8, 4) is 11.3 Å². The summed E-state index contributed by atoms with van der Waals surface area (Å²) in [4.78, 5) is 27.1. The number of nitrogens with one attached hydrogen (secondary N) is 2. The number of ether oxygens (including phenoxy) is 1. The normalized spacial score (nSPS) is 16.4. The van der Waals surface area contributed by atoms with Gasteiger partial charge in [-0.25, -0.2) is 5.10 Å². The summed E-state index contributed by atoms with van der Waals surface area (Å²) < 4.78 is 31.3. The van der Waals surface area contributed by atoms with E-state index in [2.05, 4.69) is 20.4 Å². The second-order valence-corrected chi connectivity index (χ2v) is 11.1. The lowest BCUT2D eigenvalue weighted by Crippen LogP contribution is -2.37. The quantitative estimate of drug-likeness (QED) is 0.347. The monoisotopic (exact) mass is 534 g/mol. The van der Waals surface area contributed by atoms with Gasteiger partial charge in [-0.1, -0.05) is 12.1 Å². The number of likely N-dealkylation sites (tertiary alicyclic amines) is 1. The molecule has 2 aromatic rings. The van der Waals surface area contributed by atoms with Crippen LogP contribution in [0.1, 0.15) is 56.1 Å². The van der Waals surface area contributed by atoms with Crippen LogP contribution >= 0.6 is 0 Å². The van der Waals surface area contributed by atoms with E-state index in [1.165, 1.54) is 0 Å². The van der Waals surface area contributed by atoms with Crippen molar-refractivity contribution in [2.45, 2.75) is 63.9 Å². The van der Waals surface area contributed by atoms with Gasteiger partial charge in [-0.2, -0.15) is 13.5 Å². The third-order valence-corrected chi connectivity index (χ3v) is 6.71. The Bertz CT molecular complexity index is 1200. The summed E-state index contributed by atoms with van der Waals surface area (Å²) in [6.07, 6.45) is 9.54. The fraction of sp³-hybridized carbons (Fsp3) is 0.577. The van der Waals surface area contributed by atoms with Crippen LogP contribution in [0.2, 0.25) is 0 Å². The summed E-state index contributed by atoms with van der Waals surface area (Å²) in [5, 5.41) is 10.0. The number of amides is 1. The number of rotatable bonds is 8. The lowest BCUT2D eigenvalue weighted by atomic mass is 9.90. The van der Waals surface area contributed by atoms with Crippen molar-refractivity contribution >= 4 is 21.7 Å². The zero-order chi connectivity index (χ0) is 26.8. The Balaban J connectivity index is 0.000000695. The van der Waals surface area contributed by atoms with Crippen LogP contribution in [0.4, 0.5) is 5.69 Å². The molecule has 1 aliphatic carbocycles. The van der Waals surface area contributed by atoms with Crippen LogP contribution in [-0.2, 0) is 32.5 Å². The molecule has 0 bridgehead atoms. The van der Waals surface area contributed by atoms with Crippen molar-refractivity contribution in [2.75, 3.05) is 38.3 Å². The predicted molar refractivity (Wildman–Crippen MR) is 143 cm³/mol. The second-order valence-electron chi connectivity index (χ2n) is 9.66. The van der Waals surface area contributed by atoms with E-state index in [4.69, 9.17) is 9.29 Å². The number of nitrogens with zero attached hydrogens (tertiary/aromatic N) is 2. The predicted octanol–water partition coefficient (Wildman–Crippen LogP) is 3.04. The highest BCUT2D eigenvalue weighted by atomic mass is 32.2. The maximum Gasteiger partial charge on any atom is 0.267 e. The Kier molecular flexibility index (Phi) is 10.8. The van der Waals surface area contributed by atoms with Crippen molar-refractivity contribution in [1.82, 2.24) is 15.1 Å². The maximum absolute atomic E-state index is 12.5. The Labute approximate surface area is 218 Å². The second kappa shape index (κ2) is 13.8. The van der Waals surface area contributed by atoms with Gasteiger partial charge >= 0.3 is 0 Å². The molecule has 2 heterocycles. The van der Waals surface area contributed by atoms with Crippen LogP contribution in [0.15, 0.2) is 29.1 Å². The Morgan fingerprint density at radius 3 is 2.54 bits per heavy atom. The molecule has 1 saturated heterocycles. The number of aromatic amines is 1. The molecule has 1 aliphatic heterocycles. The van der Waals surface area contributed by atoms with Crippen LogP contribution in [0.5, 0.6) is 0 Å². The zero-order valence-corrected chi connectivity index (χ0v) is 22.5. The number of aromatic nitrogens is 2. The first-order chi connectivity index (χ1) is 17.6. The van der Waals surface area contributed by atoms with Gasteiger partial charge in [-0.15, -0.1) is 0 Å². The molecular weight excluding hydrogens is 496 g/mol. The number of H-pyrrole nitrogens is 1. The van der Waals surface area contributed by atoms with E-state index < -0.39 is 10.1 Å². The maximum atomic E-state index is 12.5. The van der Waals surface area contributed by atoms with Gasteiger partial charge in [0.1, 0.15) is 0 Å². The largest absolute Gasteiger partial charge is 0.381 e. The standard InChI is InChI=1S/C25H34N4O3.CH4O3S/c1-32-20-12-15-29(16-13-20)14-5-4-11-23(30)26-19-8-6-7-18(17-19)24-21-9-2-3-10-22(21)25(31)28-27-24;1-5(2,3)4/h6-8,17,20H,2-5,9-16H2,1H3,(H,26,30)(H,28,31);1H3,(H,2,3,4). The first kappa shape index (κ1) is 29.0. The summed E-state index contributed by atoms with van der Waals surface area (Å²) in [7, 11) is -1.88. The minimum atomic E-state index is -3.67. The van der Waals surface area contributed by atoms with Crippen molar-refractivity contribution in [1.29, 1.82) is 0 Å². The smallest absolute Gasteiger partial charge is 0.267 e. The van der Waals surface area contributed by atoms with E-state index in [-0.39, 0.29) is 11.5 Å². The number of hydrogen-bond acceptors (Lipinski definition) is 7. The number of benzene rings is 1. The minimum absolute atomic E-state index is 0.0386. The highest BCUT2D eigenvalue weighted by Crippen LogP contribution is 2.29. The highest BCUT2D eigenvalue weighted by molar-refractivity contribution is 7.85. The van der Waals surface area contributed by atoms with Gasteiger partial charge in [0, 0.05) is 43.4 Å². The molecule has 0 spiro atoms. The van der Waals surface area contributed by atoms with E-state index in [1.807, 2.05) is 24.3 Å².